The number of nitrogens with one attached hydrogen (secondary N) is 2. The highest BCUT2D eigenvalue weighted by Gasteiger charge is 2.23. The highest BCUT2D eigenvalue weighted by Crippen LogP contribution is 2.37. The molecule has 0 aliphatic rings. The first-order valence-electron chi connectivity index (χ1n) is 11.4. The van der Waals surface area contributed by atoms with E-state index in [1.807, 2.05) is 66.7 Å². The maximum atomic E-state index is 13.3. The predicted molar refractivity (Wildman–Crippen MR) is 152 cm³/mol. The Bertz CT molecular complexity index is 1360. The lowest BCUT2D eigenvalue weighted by atomic mass is 10.1. The average molecular weight is 578 g/mol. The summed E-state index contributed by atoms with van der Waals surface area (Å²) in [6.45, 7) is 0. The monoisotopic (exact) mass is 576 g/mol. The van der Waals surface area contributed by atoms with Gasteiger partial charge in [0, 0.05) is 15.1 Å². The number of carbonyl (C=O) groups excluding carboxylic acids is 2. The Morgan fingerprint density at radius 2 is 1.38 bits per heavy atom. The molecule has 4 aromatic carbocycles. The summed E-state index contributed by atoms with van der Waals surface area (Å²) in [5.41, 5.74) is 2.52. The van der Waals surface area contributed by atoms with Crippen LogP contribution in [0.25, 0.3) is 0 Å². The van der Waals surface area contributed by atoms with Crippen LogP contribution in [0.15, 0.2) is 106 Å². The molecule has 188 valence electrons. The molecule has 0 bridgehead atoms. The van der Waals surface area contributed by atoms with Crippen LogP contribution in [-0.2, 0) is 4.79 Å². The van der Waals surface area contributed by atoms with Gasteiger partial charge in [-0.1, -0.05) is 48.5 Å². The van der Waals surface area contributed by atoms with Crippen molar-refractivity contribution >= 4 is 50.9 Å². The Balaban J connectivity index is 1.52. The number of para-hydroxylation sites is 1. The predicted octanol–water partition coefficient (Wildman–Crippen LogP) is 7.19. The van der Waals surface area contributed by atoms with Crippen molar-refractivity contribution < 1.29 is 19.1 Å². The van der Waals surface area contributed by atoms with E-state index < -0.39 is 5.25 Å². The van der Waals surface area contributed by atoms with Crippen molar-refractivity contribution in [1.82, 2.24) is 0 Å². The molecule has 0 saturated heterocycles. The van der Waals surface area contributed by atoms with Gasteiger partial charge in [-0.05, 0) is 70.0 Å². The highest BCUT2D eigenvalue weighted by atomic mass is 79.9. The summed E-state index contributed by atoms with van der Waals surface area (Å²) in [5, 5.41) is 5.43. The van der Waals surface area contributed by atoms with E-state index in [2.05, 4.69) is 26.6 Å². The second-order valence-corrected chi connectivity index (χ2v) is 9.93. The van der Waals surface area contributed by atoms with E-state index in [0.717, 1.165) is 14.9 Å². The van der Waals surface area contributed by atoms with Crippen LogP contribution in [0.4, 0.5) is 11.4 Å². The summed E-state index contributed by atoms with van der Waals surface area (Å²) in [4.78, 5) is 27.2. The standard InChI is InChI=1S/C29H25BrN2O4S/c1-35-24-13-8-14-25(36-2)26(24)28(33)31-20-15-17-21(18-16-20)37-27(19-9-4-3-5-10-19)29(34)32-23-12-7-6-11-22(23)30/h3-18,27H,1-2H3,(H,31,33)(H,32,34). The number of hydrogen-bond acceptors (Lipinski definition) is 5. The van der Waals surface area contributed by atoms with Gasteiger partial charge in [-0.25, -0.2) is 0 Å². The summed E-state index contributed by atoms with van der Waals surface area (Å²) in [5.74, 6) is 0.366. The molecular weight excluding hydrogens is 552 g/mol. The molecule has 2 N–H and O–H groups in total. The minimum Gasteiger partial charge on any atom is -0.496 e. The zero-order valence-corrected chi connectivity index (χ0v) is 22.6. The number of methoxy groups -OCH3 is 2. The van der Waals surface area contributed by atoms with Gasteiger partial charge in [0.1, 0.15) is 22.3 Å². The number of rotatable bonds is 9. The van der Waals surface area contributed by atoms with Crippen molar-refractivity contribution in [2.75, 3.05) is 24.9 Å². The van der Waals surface area contributed by atoms with Crippen molar-refractivity contribution in [3.05, 3.63) is 113 Å². The van der Waals surface area contributed by atoms with Crippen molar-refractivity contribution in [2.45, 2.75) is 10.1 Å². The molecule has 1 atom stereocenters. The van der Waals surface area contributed by atoms with Crippen LogP contribution in [0.3, 0.4) is 0 Å². The van der Waals surface area contributed by atoms with Crippen LogP contribution in [0, 0.1) is 0 Å². The maximum Gasteiger partial charge on any atom is 0.263 e. The number of halogens is 1. The first-order chi connectivity index (χ1) is 18.0. The number of ether oxygens (including phenoxy) is 2. The lowest BCUT2D eigenvalue weighted by Crippen LogP contribution is -2.19. The molecule has 1 unspecified atom stereocenters. The molecule has 0 aliphatic heterocycles. The van der Waals surface area contributed by atoms with Gasteiger partial charge in [0.15, 0.2) is 0 Å². The first kappa shape index (κ1) is 26.3. The molecule has 6 nitrogen and oxygen atoms in total. The van der Waals surface area contributed by atoms with Crippen molar-refractivity contribution in [2.24, 2.45) is 0 Å². The van der Waals surface area contributed by atoms with E-state index in [0.29, 0.717) is 28.4 Å². The fraction of sp³-hybridized carbons (Fsp3) is 0.103. The SMILES string of the molecule is COc1cccc(OC)c1C(=O)Nc1ccc(SC(C(=O)Nc2ccccc2Br)c2ccccc2)cc1. The smallest absolute Gasteiger partial charge is 0.263 e. The maximum absolute atomic E-state index is 13.3. The topological polar surface area (TPSA) is 76.7 Å². The minimum absolute atomic E-state index is 0.135. The number of hydrogen-bond donors (Lipinski definition) is 2. The quantitative estimate of drug-likeness (QED) is 0.206. The number of benzene rings is 4. The van der Waals surface area contributed by atoms with Crippen LogP contribution in [0.1, 0.15) is 21.2 Å². The Morgan fingerprint density at radius 1 is 0.757 bits per heavy atom. The third kappa shape index (κ3) is 6.53. The molecule has 0 spiro atoms. The molecule has 2 amide bonds. The molecule has 0 aromatic heterocycles. The van der Waals surface area contributed by atoms with Crippen LogP contribution in [0.2, 0.25) is 0 Å². The number of thioether (sulfide) groups is 1. The van der Waals surface area contributed by atoms with Crippen LogP contribution in [-0.4, -0.2) is 26.0 Å². The zero-order valence-electron chi connectivity index (χ0n) is 20.2. The average Bonchev–Trinajstić information content (AvgIpc) is 2.93. The molecule has 0 aliphatic carbocycles. The van der Waals surface area contributed by atoms with Crippen molar-refractivity contribution in [1.29, 1.82) is 0 Å². The second kappa shape index (κ2) is 12.5. The third-order valence-electron chi connectivity index (χ3n) is 5.49. The van der Waals surface area contributed by atoms with Gasteiger partial charge in [-0.3, -0.25) is 9.59 Å². The highest BCUT2D eigenvalue weighted by molar-refractivity contribution is 9.10. The van der Waals surface area contributed by atoms with Crippen LogP contribution in [0.5, 0.6) is 11.5 Å². The fourth-order valence-electron chi connectivity index (χ4n) is 3.68. The van der Waals surface area contributed by atoms with E-state index in [1.165, 1.54) is 26.0 Å². The molecule has 0 radical (unpaired) electrons. The molecule has 0 fully saturated rings. The van der Waals surface area contributed by atoms with Gasteiger partial charge in [0.05, 0.1) is 19.9 Å². The third-order valence-corrected chi connectivity index (χ3v) is 7.45. The minimum atomic E-state index is -0.480. The van der Waals surface area contributed by atoms with Crippen molar-refractivity contribution in [3.8, 4) is 11.5 Å². The van der Waals surface area contributed by atoms with E-state index in [9.17, 15) is 9.59 Å². The molecule has 0 saturated carbocycles. The van der Waals surface area contributed by atoms with E-state index >= 15 is 0 Å². The zero-order chi connectivity index (χ0) is 26.2. The summed E-state index contributed by atoms with van der Waals surface area (Å²) in [7, 11) is 3.01. The van der Waals surface area contributed by atoms with E-state index in [-0.39, 0.29) is 11.8 Å². The normalized spacial score (nSPS) is 11.3. The number of amides is 2. The Hall–Kier alpha value is -3.75. The summed E-state index contributed by atoms with van der Waals surface area (Å²) in [6.07, 6.45) is 0. The van der Waals surface area contributed by atoms with Gasteiger partial charge in [-0.2, -0.15) is 0 Å². The van der Waals surface area contributed by atoms with Gasteiger partial charge in [-0.15, -0.1) is 11.8 Å². The first-order valence-corrected chi connectivity index (χ1v) is 13.1. The number of carbonyl (C=O) groups is 2. The lowest BCUT2D eigenvalue weighted by Gasteiger charge is -2.18. The van der Waals surface area contributed by atoms with Gasteiger partial charge in [0.2, 0.25) is 5.91 Å². The van der Waals surface area contributed by atoms with Gasteiger partial charge >= 0.3 is 0 Å². The van der Waals surface area contributed by atoms with E-state index in [1.54, 1.807) is 30.3 Å². The second-order valence-electron chi connectivity index (χ2n) is 7.89. The van der Waals surface area contributed by atoms with Crippen LogP contribution >= 0.6 is 27.7 Å². The Labute approximate surface area is 228 Å². The van der Waals surface area contributed by atoms with Gasteiger partial charge in [0.25, 0.3) is 5.91 Å². The van der Waals surface area contributed by atoms with Crippen LogP contribution < -0.4 is 20.1 Å². The van der Waals surface area contributed by atoms with Gasteiger partial charge < -0.3 is 20.1 Å². The molecule has 4 rings (SSSR count). The fourth-order valence-corrected chi connectivity index (χ4v) is 5.09. The summed E-state index contributed by atoms with van der Waals surface area (Å²) in [6, 6.07) is 29.7. The summed E-state index contributed by atoms with van der Waals surface area (Å²) < 4.78 is 11.5. The molecular formula is C29H25BrN2O4S. The summed E-state index contributed by atoms with van der Waals surface area (Å²) >= 11 is 4.92. The molecule has 8 heteroatoms. The number of anilines is 2. The lowest BCUT2D eigenvalue weighted by molar-refractivity contribution is -0.115. The van der Waals surface area contributed by atoms with E-state index in [4.69, 9.17) is 9.47 Å². The van der Waals surface area contributed by atoms with Crippen molar-refractivity contribution in [3.63, 3.8) is 0 Å². The molecule has 4 aromatic rings. The Kier molecular flexibility index (Phi) is 8.87. The Morgan fingerprint density at radius 3 is 2.00 bits per heavy atom. The largest absolute Gasteiger partial charge is 0.496 e. The molecule has 0 heterocycles. The molecule has 37 heavy (non-hydrogen) atoms.